The molecule has 0 amide bonds. The van der Waals surface area contributed by atoms with Crippen molar-refractivity contribution < 1.29 is 9.53 Å². The molecule has 4 nitrogen and oxygen atoms in total. The highest BCUT2D eigenvalue weighted by Gasteiger charge is 2.16. The molecule has 1 heterocycles. The van der Waals surface area contributed by atoms with Crippen LogP contribution >= 0.6 is 22.9 Å². The Morgan fingerprint density at radius 2 is 2.31 bits per heavy atom. The summed E-state index contributed by atoms with van der Waals surface area (Å²) in [7, 11) is 0. The van der Waals surface area contributed by atoms with Crippen LogP contribution in [-0.2, 0) is 9.53 Å². The summed E-state index contributed by atoms with van der Waals surface area (Å²) in [6.45, 7) is 3.62. The fourth-order valence-corrected chi connectivity index (χ4v) is 1.66. The molecule has 0 aliphatic carbocycles. The molecule has 1 rings (SSSR count). The standard InChI is InChI=1S/C10H11ClN2O2S/c1-3-15-10(14)9(13-12-7(2)11)8-5-4-6-16-8/h4-6H,3H2,1-2H3/b12-7+,13-9+. The molecule has 1 aromatic heterocycles. The van der Waals surface area contributed by atoms with Gasteiger partial charge in [0.15, 0.2) is 5.71 Å². The normalized spacial score (nSPS) is 12.7. The van der Waals surface area contributed by atoms with E-state index in [1.54, 1.807) is 19.9 Å². The van der Waals surface area contributed by atoms with Gasteiger partial charge in [0.1, 0.15) is 5.17 Å². The maximum atomic E-state index is 11.6. The minimum atomic E-state index is -0.494. The van der Waals surface area contributed by atoms with Gasteiger partial charge in [-0.15, -0.1) is 21.5 Å². The molecule has 0 spiro atoms. The first-order valence-corrected chi connectivity index (χ1v) is 5.89. The van der Waals surface area contributed by atoms with Gasteiger partial charge in [0.05, 0.1) is 11.5 Å². The molecule has 86 valence electrons. The maximum absolute atomic E-state index is 11.6. The van der Waals surface area contributed by atoms with Gasteiger partial charge in [-0.3, -0.25) is 0 Å². The smallest absolute Gasteiger partial charge is 0.360 e. The lowest BCUT2D eigenvalue weighted by molar-refractivity contribution is -0.134. The lowest BCUT2D eigenvalue weighted by Gasteiger charge is -2.01. The van der Waals surface area contributed by atoms with Gasteiger partial charge in [0.2, 0.25) is 0 Å². The van der Waals surface area contributed by atoms with Crippen LogP contribution in [0, 0.1) is 0 Å². The molecule has 0 N–H and O–H groups in total. The van der Waals surface area contributed by atoms with Gasteiger partial charge < -0.3 is 4.74 Å². The van der Waals surface area contributed by atoms with E-state index >= 15 is 0 Å². The predicted octanol–water partition coefficient (Wildman–Crippen LogP) is 2.67. The van der Waals surface area contributed by atoms with Gasteiger partial charge in [-0.1, -0.05) is 17.7 Å². The predicted molar refractivity (Wildman–Crippen MR) is 66.5 cm³/mol. The van der Waals surface area contributed by atoms with E-state index in [-0.39, 0.29) is 10.9 Å². The van der Waals surface area contributed by atoms with Crippen molar-refractivity contribution in [3.05, 3.63) is 22.4 Å². The molecule has 0 saturated carbocycles. The number of esters is 1. The first-order chi connectivity index (χ1) is 7.65. The molecule has 0 unspecified atom stereocenters. The number of halogens is 1. The van der Waals surface area contributed by atoms with Crippen molar-refractivity contribution in [3.8, 4) is 0 Å². The molecule has 0 aromatic carbocycles. The summed E-state index contributed by atoms with van der Waals surface area (Å²) < 4.78 is 4.88. The first kappa shape index (κ1) is 12.9. The summed E-state index contributed by atoms with van der Waals surface area (Å²) in [5.74, 6) is -0.494. The lowest BCUT2D eigenvalue weighted by atomic mass is 10.3. The van der Waals surface area contributed by atoms with E-state index < -0.39 is 5.97 Å². The molecule has 1 aromatic rings. The molecular formula is C10H11ClN2O2S. The van der Waals surface area contributed by atoms with Gasteiger partial charge in [0.25, 0.3) is 0 Å². The van der Waals surface area contributed by atoms with Crippen LogP contribution in [-0.4, -0.2) is 23.5 Å². The van der Waals surface area contributed by atoms with Crippen molar-refractivity contribution in [3.63, 3.8) is 0 Å². The monoisotopic (exact) mass is 258 g/mol. The average Bonchev–Trinajstić information content (AvgIpc) is 2.71. The Balaban J connectivity index is 2.99. The zero-order valence-corrected chi connectivity index (χ0v) is 10.5. The lowest BCUT2D eigenvalue weighted by Crippen LogP contribution is -2.17. The minimum absolute atomic E-state index is 0.178. The van der Waals surface area contributed by atoms with Crippen LogP contribution in [0.4, 0.5) is 0 Å². The summed E-state index contributed by atoms with van der Waals surface area (Å²) in [6.07, 6.45) is 0. The zero-order valence-electron chi connectivity index (χ0n) is 8.94. The van der Waals surface area contributed by atoms with Gasteiger partial charge in [-0.25, -0.2) is 4.79 Å². The molecule has 0 saturated heterocycles. The molecule has 6 heteroatoms. The molecular weight excluding hydrogens is 248 g/mol. The quantitative estimate of drug-likeness (QED) is 0.474. The topological polar surface area (TPSA) is 51.0 Å². The van der Waals surface area contributed by atoms with Crippen molar-refractivity contribution in [1.29, 1.82) is 0 Å². The van der Waals surface area contributed by atoms with Crippen LogP contribution < -0.4 is 0 Å². The molecule has 0 bridgehead atoms. The average molecular weight is 259 g/mol. The van der Waals surface area contributed by atoms with Crippen LogP contribution in [0.15, 0.2) is 27.7 Å². The molecule has 16 heavy (non-hydrogen) atoms. The third-order valence-electron chi connectivity index (χ3n) is 1.51. The third-order valence-corrected chi connectivity index (χ3v) is 2.46. The summed E-state index contributed by atoms with van der Waals surface area (Å²) in [5, 5.41) is 9.56. The van der Waals surface area contributed by atoms with Crippen LogP contribution in [0.3, 0.4) is 0 Å². The summed E-state index contributed by atoms with van der Waals surface area (Å²) in [4.78, 5) is 12.3. The second-order valence-corrected chi connectivity index (χ2v) is 4.24. The minimum Gasteiger partial charge on any atom is -0.461 e. The first-order valence-electron chi connectivity index (χ1n) is 4.64. The van der Waals surface area contributed by atoms with Gasteiger partial charge in [-0.2, -0.15) is 0 Å². The van der Waals surface area contributed by atoms with Crippen molar-refractivity contribution in [1.82, 2.24) is 0 Å². The zero-order chi connectivity index (χ0) is 12.0. The van der Waals surface area contributed by atoms with E-state index in [2.05, 4.69) is 10.2 Å². The van der Waals surface area contributed by atoms with E-state index in [4.69, 9.17) is 16.3 Å². The number of carbonyl (C=O) groups excluding carboxylic acids is 1. The largest absolute Gasteiger partial charge is 0.461 e. The third kappa shape index (κ3) is 3.75. The second kappa shape index (κ2) is 6.40. The van der Waals surface area contributed by atoms with Crippen molar-refractivity contribution in [2.45, 2.75) is 13.8 Å². The molecule has 0 atom stereocenters. The molecule has 0 fully saturated rings. The van der Waals surface area contributed by atoms with Crippen molar-refractivity contribution in [2.24, 2.45) is 10.2 Å². The van der Waals surface area contributed by atoms with Gasteiger partial charge >= 0.3 is 5.97 Å². The summed E-state index contributed by atoms with van der Waals surface area (Å²) in [5.41, 5.74) is 0.178. The van der Waals surface area contributed by atoms with E-state index in [9.17, 15) is 4.79 Å². The Morgan fingerprint density at radius 1 is 1.56 bits per heavy atom. The van der Waals surface area contributed by atoms with Crippen LogP contribution in [0.5, 0.6) is 0 Å². The number of rotatable bonds is 4. The number of carbonyl (C=O) groups is 1. The molecule has 0 radical (unpaired) electrons. The van der Waals surface area contributed by atoms with E-state index in [0.717, 1.165) is 0 Å². The highest BCUT2D eigenvalue weighted by Crippen LogP contribution is 2.11. The Kier molecular flexibility index (Phi) is 5.14. The van der Waals surface area contributed by atoms with E-state index in [1.165, 1.54) is 11.3 Å². The Labute approximate surface area is 103 Å². The van der Waals surface area contributed by atoms with Crippen molar-refractivity contribution in [2.75, 3.05) is 6.61 Å². The second-order valence-electron chi connectivity index (χ2n) is 2.74. The van der Waals surface area contributed by atoms with E-state index in [1.807, 2.05) is 11.4 Å². The summed E-state index contributed by atoms with van der Waals surface area (Å²) in [6, 6.07) is 3.60. The Hall–Kier alpha value is -1.20. The van der Waals surface area contributed by atoms with E-state index in [0.29, 0.717) is 11.5 Å². The molecule has 0 aliphatic rings. The van der Waals surface area contributed by atoms with Gasteiger partial charge in [-0.05, 0) is 25.3 Å². The maximum Gasteiger partial charge on any atom is 0.360 e. The Morgan fingerprint density at radius 3 is 2.81 bits per heavy atom. The van der Waals surface area contributed by atoms with Crippen LogP contribution in [0.2, 0.25) is 0 Å². The number of ether oxygens (including phenoxy) is 1. The van der Waals surface area contributed by atoms with Crippen molar-refractivity contribution >= 4 is 39.8 Å². The highest BCUT2D eigenvalue weighted by atomic mass is 35.5. The Bertz CT molecular complexity index is 408. The number of nitrogens with zero attached hydrogens (tertiary/aromatic N) is 2. The van der Waals surface area contributed by atoms with Crippen LogP contribution in [0.25, 0.3) is 0 Å². The fraction of sp³-hybridized carbons (Fsp3) is 0.300. The number of thiophene rings is 1. The highest BCUT2D eigenvalue weighted by molar-refractivity contribution is 7.13. The SMILES string of the molecule is CCOC(=O)/C(=N/N=C(\C)Cl)c1cccs1. The summed E-state index contributed by atoms with van der Waals surface area (Å²) >= 11 is 6.95. The van der Waals surface area contributed by atoms with Crippen LogP contribution in [0.1, 0.15) is 18.7 Å². The number of hydrogen-bond acceptors (Lipinski definition) is 5. The van der Waals surface area contributed by atoms with Gasteiger partial charge in [0, 0.05) is 0 Å². The fourth-order valence-electron chi connectivity index (χ4n) is 0.922. The molecule has 0 aliphatic heterocycles. The number of hydrogen-bond donors (Lipinski definition) is 0.